The number of nitrogens with zero attached hydrogens (tertiary/aromatic N) is 3. The molecule has 0 radical (unpaired) electrons. The van der Waals surface area contributed by atoms with Crippen molar-refractivity contribution < 1.29 is 19.0 Å². The van der Waals surface area contributed by atoms with Crippen LogP contribution in [-0.2, 0) is 11.2 Å². The first-order chi connectivity index (χ1) is 19.3. The third kappa shape index (κ3) is 11.5. The van der Waals surface area contributed by atoms with E-state index in [2.05, 4.69) is 40.1 Å². The molecule has 1 aliphatic carbocycles. The predicted molar refractivity (Wildman–Crippen MR) is 161 cm³/mol. The van der Waals surface area contributed by atoms with Crippen LogP contribution in [0.1, 0.15) is 44.4 Å². The monoisotopic (exact) mass is 551 g/mol. The van der Waals surface area contributed by atoms with Gasteiger partial charge in [0.25, 0.3) is 0 Å². The number of nitrogen functional groups attached to an aromatic ring is 1. The fourth-order valence-electron chi connectivity index (χ4n) is 4.10. The van der Waals surface area contributed by atoms with Gasteiger partial charge in [-0.15, -0.1) is 0 Å². The van der Waals surface area contributed by atoms with Crippen molar-refractivity contribution in [3.8, 4) is 17.5 Å². The van der Waals surface area contributed by atoms with Crippen molar-refractivity contribution >= 4 is 11.7 Å². The number of nitrogens with two attached hydrogens (primary N) is 1. The lowest BCUT2D eigenvalue weighted by atomic mass is 10.1. The number of allylic oxidation sites excluding steroid dienone is 5. The maximum atomic E-state index is 12.0. The highest BCUT2D eigenvalue weighted by Crippen LogP contribution is 2.27. The summed E-state index contributed by atoms with van der Waals surface area (Å²) in [4.78, 5) is 22.1. The van der Waals surface area contributed by atoms with Crippen molar-refractivity contribution in [1.29, 1.82) is 0 Å². The summed E-state index contributed by atoms with van der Waals surface area (Å²) in [6.45, 7) is 10.1. The van der Waals surface area contributed by atoms with Crippen molar-refractivity contribution in [2.45, 2.75) is 46.5 Å². The molecule has 0 spiro atoms. The molecule has 3 N–H and O–H groups in total. The van der Waals surface area contributed by atoms with Gasteiger partial charge in [-0.05, 0) is 70.3 Å². The molecule has 1 aromatic heterocycles. The molecule has 4 rings (SSSR count). The molecule has 1 aliphatic heterocycles. The summed E-state index contributed by atoms with van der Waals surface area (Å²) >= 11 is 0. The molecule has 1 saturated heterocycles. The highest BCUT2D eigenvalue weighted by atomic mass is 16.5. The number of hydrogen-bond donors (Lipinski definition) is 2. The number of ether oxygens (including phenoxy) is 3. The second-order valence-electron chi connectivity index (χ2n) is 9.47. The molecule has 0 atom stereocenters. The summed E-state index contributed by atoms with van der Waals surface area (Å²) in [5.41, 5.74) is 9.54. The average Bonchev–Trinajstić information content (AvgIpc) is 3.38. The summed E-state index contributed by atoms with van der Waals surface area (Å²) in [5.74, 6) is 2.10. The number of benzene rings is 1. The Hall–Kier alpha value is -3.85. The Morgan fingerprint density at radius 3 is 2.38 bits per heavy atom. The molecule has 2 aliphatic rings. The topological polar surface area (TPSA) is 112 Å². The van der Waals surface area contributed by atoms with Gasteiger partial charge in [-0.25, -0.2) is 4.98 Å². The Bertz CT molecular complexity index is 1150. The maximum absolute atomic E-state index is 12.0. The Labute approximate surface area is 239 Å². The largest absolute Gasteiger partial charge is 0.493 e. The maximum Gasteiger partial charge on any atom is 0.318 e. The summed E-state index contributed by atoms with van der Waals surface area (Å²) in [5, 5.41) is 3.01. The first-order valence-electron chi connectivity index (χ1n) is 13.7. The molecule has 218 valence electrons. The second kappa shape index (κ2) is 17.7. The van der Waals surface area contributed by atoms with Gasteiger partial charge in [-0.2, -0.15) is 4.98 Å². The van der Waals surface area contributed by atoms with Gasteiger partial charge in [0.05, 0.1) is 21.3 Å². The van der Waals surface area contributed by atoms with E-state index in [0.717, 1.165) is 48.7 Å². The van der Waals surface area contributed by atoms with E-state index in [9.17, 15) is 4.79 Å². The first kappa shape index (κ1) is 32.4. The van der Waals surface area contributed by atoms with Crippen LogP contribution in [0.5, 0.6) is 17.5 Å². The summed E-state index contributed by atoms with van der Waals surface area (Å²) in [6, 6.07) is 7.97. The quantitative estimate of drug-likeness (QED) is 0.487. The van der Waals surface area contributed by atoms with Gasteiger partial charge >= 0.3 is 6.01 Å². The van der Waals surface area contributed by atoms with Gasteiger partial charge in [0.15, 0.2) is 11.5 Å². The number of nitrogens with one attached hydrogen (secondary N) is 1. The minimum Gasteiger partial charge on any atom is -0.493 e. The molecule has 9 heteroatoms. The number of carbonyl (C=O) groups is 1. The Kier molecular flexibility index (Phi) is 14.3. The lowest BCUT2D eigenvalue weighted by molar-refractivity contribution is -0.117. The van der Waals surface area contributed by atoms with Crippen molar-refractivity contribution in [3.63, 3.8) is 0 Å². The highest BCUT2D eigenvalue weighted by Gasteiger charge is 2.12. The van der Waals surface area contributed by atoms with Crippen molar-refractivity contribution in [2.75, 3.05) is 53.2 Å². The summed E-state index contributed by atoms with van der Waals surface area (Å²) in [7, 11) is 4.80. The Morgan fingerprint density at radius 1 is 1.02 bits per heavy atom. The molecule has 1 fully saturated rings. The minimum absolute atomic E-state index is 0.0739. The van der Waals surface area contributed by atoms with E-state index in [1.807, 2.05) is 43.4 Å². The van der Waals surface area contributed by atoms with E-state index in [0.29, 0.717) is 11.8 Å². The van der Waals surface area contributed by atoms with Crippen LogP contribution in [0.3, 0.4) is 0 Å². The number of hydrogen-bond acceptors (Lipinski definition) is 8. The zero-order valence-corrected chi connectivity index (χ0v) is 24.8. The number of anilines is 1. The van der Waals surface area contributed by atoms with Gasteiger partial charge in [-0.1, -0.05) is 42.9 Å². The fraction of sp³-hybridized carbons (Fsp3) is 0.452. The van der Waals surface area contributed by atoms with Crippen LogP contribution in [0.15, 0.2) is 59.7 Å². The van der Waals surface area contributed by atoms with Crippen molar-refractivity contribution in [2.24, 2.45) is 0 Å². The van der Waals surface area contributed by atoms with E-state index in [1.165, 1.54) is 44.2 Å². The number of likely N-dealkylation sites (tertiary alicyclic amines) is 1. The Balaban J connectivity index is 0.000000222. The van der Waals surface area contributed by atoms with Crippen LogP contribution >= 0.6 is 0 Å². The van der Waals surface area contributed by atoms with Gasteiger partial charge in [0.1, 0.15) is 5.82 Å². The van der Waals surface area contributed by atoms with Crippen LogP contribution in [0.25, 0.3) is 0 Å². The number of amides is 1. The zero-order chi connectivity index (χ0) is 29.3. The standard InChI is InChI=1S/C15H22N2O.C10H14O2.C6H9N3O/c1-13-5-4-6-14(8-7-13)15(18)16-9-12-17-10-2-3-11-17;1-4-8-5-6-9(11-2)10(7-8)12-3;1-4-3-5(7)9-6(8-4)10-2/h4-7H,2-3,8-12H2,1H3,(H,16,18);5-7H,4H2,1-3H3;3H,1-2H3,(H2,7,8,9). The molecule has 1 amide bonds. The summed E-state index contributed by atoms with van der Waals surface area (Å²) in [6.07, 6.45) is 12.3. The molecular weight excluding hydrogens is 506 g/mol. The summed E-state index contributed by atoms with van der Waals surface area (Å²) < 4.78 is 15.0. The van der Waals surface area contributed by atoms with Crippen LogP contribution < -0.4 is 25.3 Å². The fourth-order valence-corrected chi connectivity index (χ4v) is 4.10. The molecule has 0 saturated carbocycles. The molecule has 2 aromatic rings. The molecule has 1 aromatic carbocycles. The van der Waals surface area contributed by atoms with E-state index in [1.54, 1.807) is 20.3 Å². The van der Waals surface area contributed by atoms with E-state index in [4.69, 9.17) is 19.9 Å². The molecule has 2 heterocycles. The lowest BCUT2D eigenvalue weighted by Crippen LogP contribution is -2.34. The molecule has 9 nitrogen and oxygen atoms in total. The number of aromatic nitrogens is 2. The number of methoxy groups -OCH3 is 3. The third-order valence-corrected chi connectivity index (χ3v) is 6.40. The first-order valence-corrected chi connectivity index (χ1v) is 13.7. The molecule has 0 unspecified atom stereocenters. The number of aryl methyl sites for hydroxylation is 2. The number of carbonyl (C=O) groups excluding carboxylic acids is 1. The molecular formula is C31H45N5O4. The zero-order valence-electron chi connectivity index (χ0n) is 24.8. The van der Waals surface area contributed by atoms with Crippen LogP contribution in [0.4, 0.5) is 5.82 Å². The Morgan fingerprint density at radius 2 is 1.75 bits per heavy atom. The van der Waals surface area contributed by atoms with Crippen LogP contribution in [0, 0.1) is 6.92 Å². The van der Waals surface area contributed by atoms with Crippen LogP contribution in [0.2, 0.25) is 0 Å². The molecule has 40 heavy (non-hydrogen) atoms. The van der Waals surface area contributed by atoms with E-state index in [-0.39, 0.29) is 5.91 Å². The lowest BCUT2D eigenvalue weighted by Gasteiger charge is -2.15. The SMILES string of the molecule is CC1=CCC(C(=O)NCCN2CCCC2)=CC=C1.CCc1ccc(OC)c(OC)c1.COc1nc(C)cc(N)n1. The average molecular weight is 552 g/mol. The van der Waals surface area contributed by atoms with Gasteiger partial charge in [0.2, 0.25) is 5.91 Å². The predicted octanol–water partition coefficient (Wildman–Crippen LogP) is 4.67. The smallest absolute Gasteiger partial charge is 0.318 e. The second-order valence-corrected chi connectivity index (χ2v) is 9.47. The van der Waals surface area contributed by atoms with Crippen molar-refractivity contribution in [3.05, 3.63) is 71.0 Å². The van der Waals surface area contributed by atoms with Crippen LogP contribution in [-0.4, -0.2) is 68.3 Å². The third-order valence-electron chi connectivity index (χ3n) is 6.40. The minimum atomic E-state index is 0.0739. The van der Waals surface area contributed by atoms with Gasteiger partial charge < -0.3 is 30.2 Å². The molecule has 0 bridgehead atoms. The van der Waals surface area contributed by atoms with E-state index < -0.39 is 0 Å². The normalized spacial score (nSPS) is 14.3. The van der Waals surface area contributed by atoms with E-state index >= 15 is 0 Å². The van der Waals surface area contributed by atoms with Gasteiger partial charge in [-0.3, -0.25) is 4.79 Å². The van der Waals surface area contributed by atoms with Gasteiger partial charge in [0, 0.05) is 30.4 Å². The highest BCUT2D eigenvalue weighted by molar-refractivity contribution is 5.94. The number of rotatable bonds is 8. The van der Waals surface area contributed by atoms with Crippen molar-refractivity contribution in [1.82, 2.24) is 20.2 Å².